The van der Waals surface area contributed by atoms with Gasteiger partial charge in [-0.05, 0) is 36.8 Å². The number of nitrogens with zero attached hydrogens (tertiary/aromatic N) is 1. The van der Waals surface area contributed by atoms with Gasteiger partial charge in [0.1, 0.15) is 12.4 Å². The Morgan fingerprint density at radius 2 is 2.04 bits per heavy atom. The molecule has 0 bridgehead atoms. The van der Waals surface area contributed by atoms with E-state index in [-0.39, 0.29) is 12.3 Å². The molecule has 1 heterocycles. The summed E-state index contributed by atoms with van der Waals surface area (Å²) in [4.78, 5) is 12.0. The first-order valence-corrected chi connectivity index (χ1v) is 8.98. The molecule has 142 valence electrons. The van der Waals surface area contributed by atoms with Gasteiger partial charge in [0.15, 0.2) is 5.79 Å². The Morgan fingerprint density at radius 1 is 1.26 bits per heavy atom. The molecule has 1 saturated heterocycles. The summed E-state index contributed by atoms with van der Waals surface area (Å²) in [6, 6.07) is 14.9. The molecule has 0 aromatic heterocycles. The van der Waals surface area contributed by atoms with E-state index in [0.29, 0.717) is 30.6 Å². The maximum atomic E-state index is 12.0. The number of rotatable bonds is 7. The Balaban J connectivity index is 1.56. The number of amides is 1. The number of hydrogen-bond donors (Lipinski definition) is 1. The van der Waals surface area contributed by atoms with Crippen LogP contribution in [-0.4, -0.2) is 31.1 Å². The smallest absolute Gasteiger partial charge is 0.245 e. The van der Waals surface area contributed by atoms with Gasteiger partial charge in [-0.25, -0.2) is 5.43 Å². The molecule has 0 radical (unpaired) electrons. The molecule has 3 rings (SSSR count). The zero-order valence-corrected chi connectivity index (χ0v) is 15.7. The van der Waals surface area contributed by atoms with Crippen LogP contribution in [0.4, 0.5) is 0 Å². The van der Waals surface area contributed by atoms with Crippen molar-refractivity contribution in [2.45, 2.75) is 25.7 Å². The number of nitrogens with one attached hydrogen (secondary N) is 1. The minimum absolute atomic E-state index is 0.0806. The summed E-state index contributed by atoms with van der Waals surface area (Å²) in [5, 5.41) is 4.67. The third-order valence-corrected chi connectivity index (χ3v) is 4.21. The highest BCUT2D eigenvalue weighted by Crippen LogP contribution is 2.22. The van der Waals surface area contributed by atoms with Crippen molar-refractivity contribution in [2.75, 3.05) is 13.2 Å². The minimum Gasteiger partial charge on any atom is -0.488 e. The SMILES string of the molecule is CC1(CC(=O)N/N=C\c2ccccc2OCc2cccc(Cl)c2)OCCO1. The second kappa shape index (κ2) is 8.99. The number of hydrazone groups is 1. The van der Waals surface area contributed by atoms with Gasteiger partial charge in [0, 0.05) is 10.6 Å². The van der Waals surface area contributed by atoms with Gasteiger partial charge in [-0.1, -0.05) is 35.9 Å². The van der Waals surface area contributed by atoms with Gasteiger partial charge < -0.3 is 14.2 Å². The summed E-state index contributed by atoms with van der Waals surface area (Å²) >= 11 is 5.99. The molecule has 0 atom stereocenters. The zero-order valence-electron chi connectivity index (χ0n) is 15.0. The lowest BCUT2D eigenvalue weighted by atomic mass is 10.2. The van der Waals surface area contributed by atoms with Crippen molar-refractivity contribution in [1.29, 1.82) is 0 Å². The summed E-state index contributed by atoms with van der Waals surface area (Å²) in [5.74, 6) is -0.504. The van der Waals surface area contributed by atoms with Crippen LogP contribution in [0.25, 0.3) is 0 Å². The zero-order chi connectivity index (χ0) is 19.1. The van der Waals surface area contributed by atoms with E-state index in [1.165, 1.54) is 0 Å². The first-order valence-electron chi connectivity index (χ1n) is 8.60. The van der Waals surface area contributed by atoms with Gasteiger partial charge in [0.05, 0.1) is 25.8 Å². The van der Waals surface area contributed by atoms with Crippen LogP contribution in [0, 0.1) is 0 Å². The normalized spacial score (nSPS) is 15.8. The third-order valence-electron chi connectivity index (χ3n) is 3.98. The van der Waals surface area contributed by atoms with Gasteiger partial charge in [0.2, 0.25) is 5.91 Å². The lowest BCUT2D eigenvalue weighted by Gasteiger charge is -2.20. The van der Waals surface area contributed by atoms with Crippen LogP contribution in [-0.2, 0) is 20.9 Å². The number of halogens is 1. The van der Waals surface area contributed by atoms with E-state index in [0.717, 1.165) is 11.1 Å². The Labute approximate surface area is 163 Å². The number of hydrogen-bond acceptors (Lipinski definition) is 5. The quantitative estimate of drug-likeness (QED) is 0.582. The van der Waals surface area contributed by atoms with Crippen LogP contribution >= 0.6 is 11.6 Å². The van der Waals surface area contributed by atoms with Crippen LogP contribution in [0.2, 0.25) is 5.02 Å². The number of ether oxygens (including phenoxy) is 3. The fraction of sp³-hybridized carbons (Fsp3) is 0.300. The average Bonchev–Trinajstić information content (AvgIpc) is 3.07. The van der Waals surface area contributed by atoms with Crippen LogP contribution in [0.15, 0.2) is 53.6 Å². The van der Waals surface area contributed by atoms with Crippen LogP contribution in [0.3, 0.4) is 0 Å². The maximum absolute atomic E-state index is 12.0. The summed E-state index contributed by atoms with van der Waals surface area (Å²) in [6.07, 6.45) is 1.63. The second-order valence-corrected chi connectivity index (χ2v) is 6.69. The predicted molar refractivity (Wildman–Crippen MR) is 103 cm³/mol. The number of carbonyl (C=O) groups is 1. The van der Waals surface area contributed by atoms with Gasteiger partial charge in [-0.3, -0.25) is 4.79 Å². The first kappa shape index (κ1) is 19.4. The monoisotopic (exact) mass is 388 g/mol. The Kier molecular flexibility index (Phi) is 6.45. The maximum Gasteiger partial charge on any atom is 0.245 e. The lowest BCUT2D eigenvalue weighted by Crippen LogP contribution is -2.33. The van der Waals surface area contributed by atoms with Crippen molar-refractivity contribution in [3.8, 4) is 5.75 Å². The summed E-state index contributed by atoms with van der Waals surface area (Å²) in [7, 11) is 0. The Hall–Kier alpha value is -2.41. The number of carbonyl (C=O) groups excluding carboxylic acids is 1. The summed E-state index contributed by atoms with van der Waals surface area (Å²) in [6.45, 7) is 3.10. The van der Waals surface area contributed by atoms with E-state index in [1.807, 2.05) is 48.5 Å². The first-order chi connectivity index (χ1) is 13.0. The molecule has 1 N–H and O–H groups in total. The average molecular weight is 389 g/mol. The molecule has 7 heteroatoms. The predicted octanol–water partition coefficient (Wildman–Crippen LogP) is 3.52. The van der Waals surface area contributed by atoms with E-state index < -0.39 is 5.79 Å². The highest BCUT2D eigenvalue weighted by molar-refractivity contribution is 6.30. The van der Waals surface area contributed by atoms with Crippen LogP contribution in [0.1, 0.15) is 24.5 Å². The van der Waals surface area contributed by atoms with Gasteiger partial charge >= 0.3 is 0 Å². The molecule has 0 saturated carbocycles. The molecular formula is C20H21ClN2O4. The molecule has 2 aromatic rings. The minimum atomic E-state index is -0.877. The van der Waals surface area contributed by atoms with E-state index in [1.54, 1.807) is 13.1 Å². The van der Waals surface area contributed by atoms with Crippen molar-refractivity contribution >= 4 is 23.7 Å². The van der Waals surface area contributed by atoms with Crippen molar-refractivity contribution in [3.63, 3.8) is 0 Å². The summed E-state index contributed by atoms with van der Waals surface area (Å²) < 4.78 is 16.7. The molecule has 6 nitrogen and oxygen atoms in total. The van der Waals surface area contributed by atoms with Crippen LogP contribution < -0.4 is 10.2 Å². The molecule has 0 spiro atoms. The molecule has 1 aliphatic heterocycles. The van der Waals surface area contributed by atoms with E-state index >= 15 is 0 Å². The fourth-order valence-electron chi connectivity index (χ4n) is 2.67. The highest BCUT2D eigenvalue weighted by Gasteiger charge is 2.33. The van der Waals surface area contributed by atoms with E-state index in [9.17, 15) is 4.79 Å². The lowest BCUT2D eigenvalue weighted by molar-refractivity contribution is -0.159. The van der Waals surface area contributed by atoms with Crippen molar-refractivity contribution < 1.29 is 19.0 Å². The Morgan fingerprint density at radius 3 is 2.81 bits per heavy atom. The number of para-hydroxylation sites is 1. The molecule has 0 aliphatic carbocycles. The topological polar surface area (TPSA) is 69.2 Å². The molecule has 1 aliphatic rings. The van der Waals surface area contributed by atoms with Crippen LogP contribution in [0.5, 0.6) is 5.75 Å². The number of benzene rings is 2. The van der Waals surface area contributed by atoms with E-state index in [4.69, 9.17) is 25.8 Å². The van der Waals surface area contributed by atoms with Crippen molar-refractivity contribution in [1.82, 2.24) is 5.43 Å². The molecule has 1 fully saturated rings. The van der Waals surface area contributed by atoms with Gasteiger partial charge in [-0.15, -0.1) is 0 Å². The molecule has 1 amide bonds. The van der Waals surface area contributed by atoms with Gasteiger partial charge in [0.25, 0.3) is 0 Å². The molecule has 2 aromatic carbocycles. The van der Waals surface area contributed by atoms with Crippen molar-refractivity contribution in [2.24, 2.45) is 5.10 Å². The molecule has 27 heavy (non-hydrogen) atoms. The van der Waals surface area contributed by atoms with Gasteiger partial charge in [-0.2, -0.15) is 5.10 Å². The highest BCUT2D eigenvalue weighted by atomic mass is 35.5. The second-order valence-electron chi connectivity index (χ2n) is 6.26. The largest absolute Gasteiger partial charge is 0.488 e. The third kappa shape index (κ3) is 5.79. The summed E-state index contributed by atoms with van der Waals surface area (Å²) in [5.41, 5.74) is 4.20. The molecular weight excluding hydrogens is 368 g/mol. The fourth-order valence-corrected chi connectivity index (χ4v) is 2.88. The standard InChI is InChI=1S/C20H21ClN2O4/c1-20(26-9-10-27-20)12-19(24)23-22-13-16-6-2-3-8-18(16)25-14-15-5-4-7-17(21)11-15/h2-8,11,13H,9-10,12,14H2,1H3,(H,23,24)/b22-13-. The van der Waals surface area contributed by atoms with E-state index in [2.05, 4.69) is 10.5 Å². The Bertz CT molecular complexity index is 819. The molecule has 0 unspecified atom stereocenters. The van der Waals surface area contributed by atoms with Crippen molar-refractivity contribution in [3.05, 3.63) is 64.7 Å².